The summed E-state index contributed by atoms with van der Waals surface area (Å²) in [5.41, 5.74) is 0.618. The second kappa shape index (κ2) is 4.85. The van der Waals surface area contributed by atoms with Gasteiger partial charge < -0.3 is 14.9 Å². The van der Waals surface area contributed by atoms with Crippen LogP contribution >= 0.6 is 0 Å². The molecule has 0 amide bonds. The molecule has 78 valence electrons. The van der Waals surface area contributed by atoms with E-state index in [0.717, 1.165) is 6.08 Å². The van der Waals surface area contributed by atoms with E-state index < -0.39 is 5.97 Å². The Kier molecular flexibility index (Phi) is 3.51. The molecule has 1 aromatic carbocycles. The largest absolute Gasteiger partial charge is 0.504 e. The first kappa shape index (κ1) is 10.8. The highest BCUT2D eigenvalue weighted by molar-refractivity contribution is 5.85. The van der Waals surface area contributed by atoms with Crippen molar-refractivity contribution in [1.82, 2.24) is 0 Å². The van der Waals surface area contributed by atoms with Gasteiger partial charge in [-0.25, -0.2) is 4.79 Å². The van der Waals surface area contributed by atoms with Crippen molar-refractivity contribution >= 4 is 12.0 Å². The van der Waals surface area contributed by atoms with E-state index in [1.165, 1.54) is 24.5 Å². The molecule has 0 aliphatic rings. The summed E-state index contributed by atoms with van der Waals surface area (Å²) in [6, 6.07) is 4.50. The SMILES string of the molecule is C=COc1cc(/C=C/C(=O)O)ccc1O. The number of phenols is 1. The first-order chi connectivity index (χ1) is 7.13. The van der Waals surface area contributed by atoms with E-state index in [1.807, 2.05) is 0 Å². The smallest absolute Gasteiger partial charge is 0.328 e. The lowest BCUT2D eigenvalue weighted by Crippen LogP contribution is -1.86. The van der Waals surface area contributed by atoms with Crippen LogP contribution < -0.4 is 4.74 Å². The van der Waals surface area contributed by atoms with Crippen LogP contribution in [-0.2, 0) is 4.79 Å². The molecule has 0 bridgehead atoms. The maximum Gasteiger partial charge on any atom is 0.328 e. The zero-order chi connectivity index (χ0) is 11.3. The molecule has 0 atom stereocenters. The number of carboxylic acid groups (broad SMARTS) is 1. The van der Waals surface area contributed by atoms with Gasteiger partial charge in [-0.3, -0.25) is 0 Å². The zero-order valence-corrected chi connectivity index (χ0v) is 7.88. The number of hydrogen-bond acceptors (Lipinski definition) is 3. The third-order valence-corrected chi connectivity index (χ3v) is 1.61. The quantitative estimate of drug-likeness (QED) is 0.584. The van der Waals surface area contributed by atoms with Gasteiger partial charge in [0.05, 0.1) is 6.26 Å². The minimum atomic E-state index is -1.03. The summed E-state index contributed by atoms with van der Waals surface area (Å²) < 4.78 is 4.92. The molecule has 0 saturated heterocycles. The van der Waals surface area contributed by atoms with Crippen LogP contribution in [0.2, 0.25) is 0 Å². The van der Waals surface area contributed by atoms with Gasteiger partial charge in [0.2, 0.25) is 0 Å². The number of hydrogen-bond donors (Lipinski definition) is 2. The van der Waals surface area contributed by atoms with Crippen molar-refractivity contribution in [3.63, 3.8) is 0 Å². The normalized spacial score (nSPS) is 10.1. The predicted molar refractivity (Wildman–Crippen MR) is 55.6 cm³/mol. The van der Waals surface area contributed by atoms with E-state index in [0.29, 0.717) is 5.56 Å². The molecule has 1 aromatic rings. The van der Waals surface area contributed by atoms with Crippen LogP contribution in [0, 0.1) is 0 Å². The summed E-state index contributed by atoms with van der Waals surface area (Å²) in [5, 5.41) is 17.7. The van der Waals surface area contributed by atoms with Crippen LogP contribution in [0.5, 0.6) is 11.5 Å². The number of ether oxygens (including phenoxy) is 1. The van der Waals surface area contributed by atoms with E-state index in [9.17, 15) is 9.90 Å². The van der Waals surface area contributed by atoms with Gasteiger partial charge in [-0.1, -0.05) is 12.6 Å². The maximum atomic E-state index is 10.3. The summed E-state index contributed by atoms with van der Waals surface area (Å²) in [4.78, 5) is 10.3. The van der Waals surface area contributed by atoms with E-state index >= 15 is 0 Å². The van der Waals surface area contributed by atoms with Crippen molar-refractivity contribution in [3.05, 3.63) is 42.7 Å². The Morgan fingerprint density at radius 2 is 2.20 bits per heavy atom. The average Bonchev–Trinajstić information content (AvgIpc) is 2.19. The van der Waals surface area contributed by atoms with Crippen molar-refractivity contribution in [2.24, 2.45) is 0 Å². The molecule has 0 spiro atoms. The molecule has 0 aromatic heterocycles. The third-order valence-electron chi connectivity index (χ3n) is 1.61. The Bertz CT molecular complexity index is 407. The average molecular weight is 206 g/mol. The molecule has 0 radical (unpaired) electrons. The summed E-state index contributed by atoms with van der Waals surface area (Å²) in [6.07, 6.45) is 3.58. The summed E-state index contributed by atoms with van der Waals surface area (Å²) >= 11 is 0. The second-order valence-electron chi connectivity index (χ2n) is 2.68. The van der Waals surface area contributed by atoms with Crippen LogP contribution in [0.3, 0.4) is 0 Å². The molecular formula is C11H10O4. The molecular weight excluding hydrogens is 196 g/mol. The van der Waals surface area contributed by atoms with Gasteiger partial charge in [0.25, 0.3) is 0 Å². The minimum Gasteiger partial charge on any atom is -0.504 e. The van der Waals surface area contributed by atoms with Crippen LogP contribution in [0.15, 0.2) is 37.1 Å². The molecule has 0 heterocycles. The Balaban J connectivity index is 2.96. The summed E-state index contributed by atoms with van der Waals surface area (Å²) in [7, 11) is 0. The number of aromatic hydroxyl groups is 1. The molecule has 0 aliphatic carbocycles. The molecule has 0 aliphatic heterocycles. The Morgan fingerprint density at radius 1 is 1.47 bits per heavy atom. The van der Waals surface area contributed by atoms with E-state index in [-0.39, 0.29) is 11.5 Å². The standard InChI is InChI=1S/C11H10O4/c1-2-15-10-7-8(3-5-9(10)12)4-6-11(13)14/h2-7,12H,1H2,(H,13,14)/b6-4+. The summed E-state index contributed by atoms with van der Waals surface area (Å²) in [5.74, 6) is -0.825. The van der Waals surface area contributed by atoms with Gasteiger partial charge >= 0.3 is 5.97 Å². The lowest BCUT2D eigenvalue weighted by Gasteiger charge is -2.03. The van der Waals surface area contributed by atoms with Crippen LogP contribution in [0.4, 0.5) is 0 Å². The Hall–Kier alpha value is -2.23. The second-order valence-corrected chi connectivity index (χ2v) is 2.68. The van der Waals surface area contributed by atoms with Crippen molar-refractivity contribution < 1.29 is 19.7 Å². The van der Waals surface area contributed by atoms with Gasteiger partial charge in [0, 0.05) is 6.08 Å². The monoisotopic (exact) mass is 206 g/mol. The van der Waals surface area contributed by atoms with Crippen LogP contribution in [0.25, 0.3) is 6.08 Å². The number of carboxylic acids is 1. The maximum absolute atomic E-state index is 10.3. The van der Waals surface area contributed by atoms with Crippen molar-refractivity contribution in [1.29, 1.82) is 0 Å². The van der Waals surface area contributed by atoms with E-state index in [1.54, 1.807) is 6.07 Å². The van der Waals surface area contributed by atoms with Crippen molar-refractivity contribution in [2.75, 3.05) is 0 Å². The van der Waals surface area contributed by atoms with Gasteiger partial charge in [-0.05, 0) is 23.8 Å². The predicted octanol–water partition coefficient (Wildman–Crippen LogP) is 2.01. The van der Waals surface area contributed by atoms with Gasteiger partial charge in [-0.15, -0.1) is 0 Å². The Labute approximate surface area is 86.7 Å². The molecule has 0 unspecified atom stereocenters. The number of aliphatic carboxylic acids is 1. The molecule has 0 fully saturated rings. The Morgan fingerprint density at radius 3 is 2.80 bits per heavy atom. The topological polar surface area (TPSA) is 66.8 Å². The fourth-order valence-corrected chi connectivity index (χ4v) is 0.986. The fourth-order valence-electron chi connectivity index (χ4n) is 0.986. The highest BCUT2D eigenvalue weighted by atomic mass is 16.5. The molecule has 2 N–H and O–H groups in total. The third kappa shape index (κ3) is 3.19. The summed E-state index contributed by atoms with van der Waals surface area (Å²) in [6.45, 7) is 3.36. The van der Waals surface area contributed by atoms with Gasteiger partial charge in [-0.2, -0.15) is 0 Å². The lowest BCUT2D eigenvalue weighted by atomic mass is 10.2. The molecule has 0 saturated carbocycles. The van der Waals surface area contributed by atoms with Crippen molar-refractivity contribution in [2.45, 2.75) is 0 Å². The van der Waals surface area contributed by atoms with Crippen LogP contribution in [-0.4, -0.2) is 16.2 Å². The van der Waals surface area contributed by atoms with Gasteiger partial charge in [0.1, 0.15) is 0 Å². The number of carbonyl (C=O) groups is 1. The van der Waals surface area contributed by atoms with Gasteiger partial charge in [0.15, 0.2) is 11.5 Å². The fraction of sp³-hybridized carbons (Fsp3) is 0. The van der Waals surface area contributed by atoms with E-state index in [2.05, 4.69) is 6.58 Å². The molecule has 15 heavy (non-hydrogen) atoms. The first-order valence-electron chi connectivity index (χ1n) is 4.15. The number of benzene rings is 1. The number of phenolic OH excluding ortho intramolecular Hbond substituents is 1. The van der Waals surface area contributed by atoms with Crippen molar-refractivity contribution in [3.8, 4) is 11.5 Å². The highest BCUT2D eigenvalue weighted by Crippen LogP contribution is 2.27. The lowest BCUT2D eigenvalue weighted by molar-refractivity contribution is -0.131. The molecule has 4 heteroatoms. The highest BCUT2D eigenvalue weighted by Gasteiger charge is 2.01. The first-order valence-corrected chi connectivity index (χ1v) is 4.15. The van der Waals surface area contributed by atoms with E-state index in [4.69, 9.17) is 9.84 Å². The minimum absolute atomic E-state index is 0.0256. The molecule has 1 rings (SSSR count). The zero-order valence-electron chi connectivity index (χ0n) is 7.88. The van der Waals surface area contributed by atoms with Crippen LogP contribution in [0.1, 0.15) is 5.56 Å². The number of rotatable bonds is 4. The molecule has 4 nitrogen and oxygen atoms in total.